The Morgan fingerprint density at radius 2 is 0.857 bits per heavy atom. The summed E-state index contributed by atoms with van der Waals surface area (Å²) < 4.78 is 22.8. The number of esters is 2. The van der Waals surface area contributed by atoms with Crippen molar-refractivity contribution in [3.8, 4) is 0 Å². The zero-order chi connectivity index (χ0) is 46.3. The van der Waals surface area contributed by atoms with Gasteiger partial charge in [-0.1, -0.05) is 212 Å². The second-order valence-electron chi connectivity index (χ2n) is 19.2. The highest BCUT2D eigenvalue weighted by Crippen LogP contribution is 2.16. The fourth-order valence-electron chi connectivity index (χ4n) is 7.57. The summed E-state index contributed by atoms with van der Waals surface area (Å²) in [6, 6.07) is 0. The van der Waals surface area contributed by atoms with Gasteiger partial charge in [0.15, 0.2) is 6.10 Å². The van der Waals surface area contributed by atoms with Crippen LogP contribution in [0, 0.1) is 0 Å². The van der Waals surface area contributed by atoms with E-state index < -0.39 is 24.3 Å². The van der Waals surface area contributed by atoms with Crippen LogP contribution in [-0.2, 0) is 33.3 Å². The van der Waals surface area contributed by atoms with Crippen molar-refractivity contribution in [2.75, 3.05) is 47.5 Å². The molecule has 2 unspecified atom stereocenters. The van der Waals surface area contributed by atoms with Crippen molar-refractivity contribution in [2.45, 2.75) is 257 Å². The number of rotatable bonds is 49. The third-order valence-corrected chi connectivity index (χ3v) is 11.7. The number of carboxylic acids is 1. The largest absolute Gasteiger partial charge is 0.477 e. The van der Waals surface area contributed by atoms with E-state index in [2.05, 4.69) is 38.2 Å². The molecule has 370 valence electrons. The number of aliphatic carboxylic acids is 1. The third-order valence-electron chi connectivity index (χ3n) is 11.7. The molecule has 9 nitrogen and oxygen atoms in total. The molecule has 0 aromatic rings. The zero-order valence-electron chi connectivity index (χ0n) is 42.0. The van der Waals surface area contributed by atoms with Gasteiger partial charge in [-0.3, -0.25) is 9.59 Å². The van der Waals surface area contributed by atoms with Crippen molar-refractivity contribution in [1.29, 1.82) is 0 Å². The van der Waals surface area contributed by atoms with Gasteiger partial charge >= 0.3 is 17.9 Å². The molecule has 0 aromatic carbocycles. The summed E-state index contributed by atoms with van der Waals surface area (Å²) in [5.74, 6) is -1.99. The molecule has 63 heavy (non-hydrogen) atoms. The molecule has 0 bridgehead atoms. The average molecular weight is 893 g/mol. The number of allylic oxidation sites excluding steroid dienone is 4. The van der Waals surface area contributed by atoms with Crippen molar-refractivity contribution >= 4 is 17.9 Å². The molecule has 1 N–H and O–H groups in total. The predicted octanol–water partition coefficient (Wildman–Crippen LogP) is 14.8. The molecule has 0 aliphatic heterocycles. The fourth-order valence-corrected chi connectivity index (χ4v) is 7.57. The van der Waals surface area contributed by atoms with E-state index in [1.165, 1.54) is 173 Å². The first-order valence-electron chi connectivity index (χ1n) is 26.5. The molecule has 9 heteroatoms. The number of hydrogen-bond donors (Lipinski definition) is 1. The van der Waals surface area contributed by atoms with E-state index in [0.29, 0.717) is 17.4 Å². The lowest BCUT2D eigenvalue weighted by atomic mass is 10.0. The minimum Gasteiger partial charge on any atom is -0.477 e. The predicted molar refractivity (Wildman–Crippen MR) is 263 cm³/mol. The molecular formula is C54H102NO8+. The van der Waals surface area contributed by atoms with Crippen molar-refractivity contribution in [3.05, 3.63) is 24.3 Å². The van der Waals surface area contributed by atoms with Gasteiger partial charge in [-0.05, 0) is 44.9 Å². The molecule has 0 aliphatic rings. The van der Waals surface area contributed by atoms with Gasteiger partial charge in [0.1, 0.15) is 13.2 Å². The van der Waals surface area contributed by atoms with Crippen molar-refractivity contribution in [2.24, 2.45) is 0 Å². The van der Waals surface area contributed by atoms with Gasteiger partial charge < -0.3 is 28.5 Å². The number of carbonyl (C=O) groups is 3. The number of unbranched alkanes of at least 4 members (excludes halogenated alkanes) is 30. The van der Waals surface area contributed by atoms with Crippen LogP contribution in [-0.4, -0.2) is 87.4 Å². The highest BCUT2D eigenvalue weighted by atomic mass is 16.7. The quantitative estimate of drug-likeness (QED) is 0.0211. The Balaban J connectivity index is 4.28. The van der Waals surface area contributed by atoms with E-state index in [1.807, 2.05) is 21.1 Å². The smallest absolute Gasteiger partial charge is 0.361 e. The Hall–Kier alpha value is -2.23. The number of quaternary nitrogens is 1. The normalized spacial score (nSPS) is 13.0. The molecule has 0 rings (SSSR count). The first kappa shape index (κ1) is 60.8. The fraction of sp³-hybridized carbons (Fsp3) is 0.870. The molecule has 0 aromatic heterocycles. The summed E-state index contributed by atoms with van der Waals surface area (Å²) in [5, 5.41) is 9.67. The minimum absolute atomic E-state index is 0.178. The molecule has 0 saturated carbocycles. The molecule has 0 fully saturated rings. The first-order chi connectivity index (χ1) is 30.6. The minimum atomic E-state index is -1.51. The molecule has 0 heterocycles. The Labute approximate surface area is 388 Å². The maximum Gasteiger partial charge on any atom is 0.361 e. The van der Waals surface area contributed by atoms with Crippen LogP contribution in [0.1, 0.15) is 245 Å². The van der Waals surface area contributed by atoms with E-state index in [0.717, 1.165) is 44.9 Å². The Bertz CT molecular complexity index is 1090. The SMILES string of the molecule is CCCCCCC/C=C\C/C=C\CCCCCCCCCCCCCC(=O)OC(COC(=O)CCCCCCCCCCCCCCCCC)COC(OCC[N+](C)(C)C)C(=O)O. The highest BCUT2D eigenvalue weighted by Gasteiger charge is 2.25. The van der Waals surface area contributed by atoms with Crippen LogP contribution in [0.15, 0.2) is 24.3 Å². The lowest BCUT2D eigenvalue weighted by Gasteiger charge is -2.25. The van der Waals surface area contributed by atoms with Crippen molar-refractivity contribution < 1.29 is 42.9 Å². The van der Waals surface area contributed by atoms with E-state index in [-0.39, 0.29) is 32.2 Å². The van der Waals surface area contributed by atoms with Gasteiger partial charge in [-0.25, -0.2) is 4.79 Å². The summed E-state index contributed by atoms with van der Waals surface area (Å²) in [4.78, 5) is 37.3. The molecule has 0 spiro atoms. The van der Waals surface area contributed by atoms with Gasteiger partial charge in [0.25, 0.3) is 6.29 Å². The number of nitrogens with zero attached hydrogens (tertiary/aromatic N) is 1. The maximum atomic E-state index is 12.8. The molecule has 0 aliphatic carbocycles. The number of hydrogen-bond acceptors (Lipinski definition) is 7. The van der Waals surface area contributed by atoms with E-state index in [1.54, 1.807) is 0 Å². The Kier molecular flexibility index (Phi) is 44.7. The Morgan fingerprint density at radius 1 is 0.476 bits per heavy atom. The zero-order valence-corrected chi connectivity index (χ0v) is 42.0. The number of ether oxygens (including phenoxy) is 4. The monoisotopic (exact) mass is 893 g/mol. The van der Waals surface area contributed by atoms with Gasteiger partial charge in [-0.15, -0.1) is 0 Å². The van der Waals surface area contributed by atoms with Crippen LogP contribution in [0.5, 0.6) is 0 Å². The van der Waals surface area contributed by atoms with Crippen LogP contribution in [0.4, 0.5) is 0 Å². The molecule has 0 saturated heterocycles. The summed E-state index contributed by atoms with van der Waals surface area (Å²) in [6.07, 6.45) is 49.5. The first-order valence-corrected chi connectivity index (χ1v) is 26.5. The Morgan fingerprint density at radius 3 is 1.25 bits per heavy atom. The van der Waals surface area contributed by atoms with Crippen LogP contribution >= 0.6 is 0 Å². The van der Waals surface area contributed by atoms with E-state index >= 15 is 0 Å². The van der Waals surface area contributed by atoms with Gasteiger partial charge in [-0.2, -0.15) is 0 Å². The lowest BCUT2D eigenvalue weighted by molar-refractivity contribution is -0.870. The highest BCUT2D eigenvalue weighted by molar-refractivity contribution is 5.71. The van der Waals surface area contributed by atoms with Crippen LogP contribution in [0.3, 0.4) is 0 Å². The number of carbonyl (C=O) groups excluding carboxylic acids is 2. The van der Waals surface area contributed by atoms with Crippen LogP contribution in [0.2, 0.25) is 0 Å². The number of likely N-dealkylation sites (N-methyl/N-ethyl adjacent to an activating group) is 1. The summed E-state index contributed by atoms with van der Waals surface area (Å²) in [7, 11) is 5.97. The topological polar surface area (TPSA) is 108 Å². The number of carboxylic acid groups (broad SMARTS) is 1. The van der Waals surface area contributed by atoms with Crippen LogP contribution in [0.25, 0.3) is 0 Å². The summed E-state index contributed by atoms with van der Waals surface area (Å²) in [5.41, 5.74) is 0. The maximum absolute atomic E-state index is 12.8. The van der Waals surface area contributed by atoms with E-state index in [9.17, 15) is 19.5 Å². The third kappa shape index (κ3) is 47.5. The standard InChI is InChI=1S/C54H101NO8/c1-6-8-10-12-14-16-18-20-22-23-24-25-26-27-28-29-31-33-35-37-39-41-43-45-52(57)63-50(49-62-54(53(58)59)60-47-46-55(3,4)5)48-61-51(56)44-42-40-38-36-34-32-30-21-19-17-15-13-11-9-7-2/h18,20,23-24,50,54H,6-17,19,21-22,25-49H2,1-5H3/p+1/b20-18-,24-23-. The summed E-state index contributed by atoms with van der Waals surface area (Å²) in [6.45, 7) is 4.89. The molecule has 2 atom stereocenters. The average Bonchev–Trinajstić information content (AvgIpc) is 3.24. The van der Waals surface area contributed by atoms with Crippen molar-refractivity contribution in [3.63, 3.8) is 0 Å². The molecule has 0 amide bonds. The van der Waals surface area contributed by atoms with Crippen molar-refractivity contribution in [1.82, 2.24) is 0 Å². The lowest BCUT2D eigenvalue weighted by Crippen LogP contribution is -2.40. The second kappa shape index (κ2) is 46.3. The van der Waals surface area contributed by atoms with Gasteiger partial charge in [0, 0.05) is 12.8 Å². The van der Waals surface area contributed by atoms with E-state index in [4.69, 9.17) is 18.9 Å². The van der Waals surface area contributed by atoms with Crippen LogP contribution < -0.4 is 0 Å². The summed E-state index contributed by atoms with van der Waals surface area (Å²) >= 11 is 0. The molecular weight excluding hydrogens is 791 g/mol. The van der Waals surface area contributed by atoms with Gasteiger partial charge in [0.2, 0.25) is 0 Å². The molecule has 0 radical (unpaired) electrons. The second-order valence-corrected chi connectivity index (χ2v) is 19.2. The van der Waals surface area contributed by atoms with Gasteiger partial charge in [0.05, 0.1) is 34.4 Å².